The van der Waals surface area contributed by atoms with E-state index < -0.39 is 16.1 Å². The van der Waals surface area contributed by atoms with Gasteiger partial charge in [0.25, 0.3) is 0 Å². The minimum atomic E-state index is -3.71. The van der Waals surface area contributed by atoms with Crippen molar-refractivity contribution in [1.29, 1.82) is 0 Å². The van der Waals surface area contributed by atoms with Crippen LogP contribution in [0.2, 0.25) is 35.2 Å². The van der Waals surface area contributed by atoms with Gasteiger partial charge in [0.2, 0.25) is 15.9 Å². The molecule has 11 aromatic carbocycles. The van der Waals surface area contributed by atoms with Gasteiger partial charge in [-0.2, -0.15) is 4.31 Å². The quantitative estimate of drug-likeness (QED) is 0.0510. The van der Waals surface area contributed by atoms with E-state index in [9.17, 15) is 31.6 Å². The van der Waals surface area contributed by atoms with Gasteiger partial charge in [0, 0.05) is 183 Å². The monoisotopic (exact) mass is 2340 g/mol. The van der Waals surface area contributed by atoms with Gasteiger partial charge in [-0.3, -0.25) is 9.69 Å². The van der Waals surface area contributed by atoms with Gasteiger partial charge in [-0.25, -0.2) is 26.8 Å². The molecule has 5 aromatic heterocycles. The molecule has 147 heavy (non-hydrogen) atoms. The summed E-state index contributed by atoms with van der Waals surface area (Å²) in [4.78, 5) is 64.0. The summed E-state index contributed by atoms with van der Waals surface area (Å²) in [6, 6.07) is 68.5. The Morgan fingerprint density at radius 2 is 0.810 bits per heavy atom. The van der Waals surface area contributed by atoms with Crippen molar-refractivity contribution >= 4 is 229 Å². The van der Waals surface area contributed by atoms with Crippen LogP contribution in [0.15, 0.2) is 243 Å². The topological polar surface area (TPSA) is 223 Å². The maximum atomic E-state index is 14.0. The highest BCUT2D eigenvalue weighted by molar-refractivity contribution is 9.11. The molecule has 7 N–H and O–H groups in total. The van der Waals surface area contributed by atoms with Gasteiger partial charge in [-0.1, -0.05) is 228 Å². The van der Waals surface area contributed by atoms with Gasteiger partial charge in [0.05, 0.1) is 42.8 Å². The zero-order valence-electron chi connectivity index (χ0n) is 80.8. The van der Waals surface area contributed by atoms with E-state index in [1.54, 1.807) is 103 Å². The number of halogens is 12. The molecule has 5 aliphatic heterocycles. The fourth-order valence-corrected chi connectivity index (χ4v) is 27.0. The number of carbonyl (C=O) groups is 3. The van der Waals surface area contributed by atoms with Gasteiger partial charge in [0.15, 0.2) is 5.11 Å². The Morgan fingerprint density at radius 3 is 1.27 bits per heavy atom. The predicted molar refractivity (Wildman–Crippen MR) is 603 cm³/mol. The van der Waals surface area contributed by atoms with Crippen LogP contribution >= 0.6 is 141 Å². The fourth-order valence-electron chi connectivity index (χ4n) is 22.3. The number of fused-ring (bicyclic) bond motifs is 15. The van der Waals surface area contributed by atoms with Gasteiger partial charge in [-0.15, -0.1) is 0 Å². The van der Waals surface area contributed by atoms with E-state index >= 15 is 0 Å². The summed E-state index contributed by atoms with van der Waals surface area (Å²) < 4.78 is 70.3. The molecule has 0 spiro atoms. The first-order chi connectivity index (χ1) is 71.0. The van der Waals surface area contributed by atoms with Crippen LogP contribution in [-0.4, -0.2) is 139 Å². The normalized spacial score (nSPS) is 17.8. The largest absolute Gasteiger partial charge is 0.497 e. The third-order valence-electron chi connectivity index (χ3n) is 29.3. The number of carbonyl (C=O) groups excluding carboxylic acids is 3. The number of H-pyrrole nitrogens is 5. The van der Waals surface area contributed by atoms with Crippen molar-refractivity contribution in [2.75, 3.05) is 46.4 Å². The Balaban J connectivity index is 0.000000116. The molecule has 0 saturated heterocycles. The number of sulfonamides is 1. The third-order valence-corrected chi connectivity index (χ3v) is 35.0. The lowest BCUT2D eigenvalue weighted by atomic mass is 9.92. The van der Waals surface area contributed by atoms with E-state index in [1.165, 1.54) is 96.6 Å². The summed E-state index contributed by atoms with van der Waals surface area (Å²) in [5.41, 5.74) is 20.9. The minimum absolute atomic E-state index is 0.0248. The second kappa shape index (κ2) is 46.4. The van der Waals surface area contributed by atoms with Crippen LogP contribution in [0.25, 0.3) is 54.5 Å². The first-order valence-electron chi connectivity index (χ1n) is 49.6. The molecule has 0 radical (unpaired) electrons. The molecule has 7 aliphatic rings. The smallest absolute Gasteiger partial charge is 0.410 e. The number of thiocarbonyl (C=S) groups is 1. The Kier molecular flexibility index (Phi) is 33.2. The molecular weight excluding hydrogens is 2240 g/mol. The number of hydrogen-bond acceptors (Lipinski definition) is 8. The molecule has 10 heterocycles. The maximum absolute atomic E-state index is 14.0. The van der Waals surface area contributed by atoms with E-state index in [-0.39, 0.29) is 64.8 Å². The van der Waals surface area contributed by atoms with Gasteiger partial charge in [0.1, 0.15) is 23.4 Å². The van der Waals surface area contributed by atoms with Crippen LogP contribution in [0, 0.1) is 11.6 Å². The Labute approximate surface area is 918 Å². The van der Waals surface area contributed by atoms with Crippen molar-refractivity contribution in [2.45, 2.75) is 177 Å². The molecule has 0 bridgehead atoms. The highest BCUT2D eigenvalue weighted by Gasteiger charge is 2.43. The summed E-state index contributed by atoms with van der Waals surface area (Å²) in [6.45, 7) is 6.78. The number of ether oxygens (including phenoxy) is 2. The molecule has 19 nitrogen and oxygen atoms in total. The zero-order chi connectivity index (χ0) is 103. The van der Waals surface area contributed by atoms with Crippen molar-refractivity contribution in [2.24, 2.45) is 0 Å². The molecule has 4 amide bonds. The second-order valence-corrected chi connectivity index (χ2v) is 46.3. The molecule has 2 fully saturated rings. The molecule has 2 aliphatic carbocycles. The fraction of sp³-hybridized carbons (Fsp3) is 0.298. The average molecular weight is 2350 g/mol. The number of nitrogens with one attached hydrogen (secondary N) is 7. The third kappa shape index (κ3) is 23.2. The van der Waals surface area contributed by atoms with Gasteiger partial charge < -0.3 is 59.7 Å². The van der Waals surface area contributed by atoms with Gasteiger partial charge in [-0.05, 0) is 316 Å². The lowest BCUT2D eigenvalue weighted by Gasteiger charge is -2.39. The lowest BCUT2D eigenvalue weighted by Crippen LogP contribution is -2.49. The molecule has 33 heteroatoms. The molecule has 16 aromatic rings. The van der Waals surface area contributed by atoms with E-state index in [4.69, 9.17) is 103 Å². The first kappa shape index (κ1) is 105. The lowest BCUT2D eigenvalue weighted by molar-refractivity contribution is -0.131. The number of methoxy groups -OCH3 is 1. The summed E-state index contributed by atoms with van der Waals surface area (Å²) in [7, 11) is -2.06. The molecule has 2 saturated carbocycles. The number of benzene rings is 11. The predicted octanol–water partition coefficient (Wildman–Crippen LogP) is 30.6. The molecule has 5 atom stereocenters. The van der Waals surface area contributed by atoms with Crippen molar-refractivity contribution in [3.8, 4) is 5.75 Å². The second-order valence-electron chi connectivity index (χ2n) is 38.3. The summed E-state index contributed by atoms with van der Waals surface area (Å²) in [5.74, 6) is 0.335. The van der Waals surface area contributed by atoms with Gasteiger partial charge >= 0.3 is 12.1 Å². The summed E-state index contributed by atoms with van der Waals surface area (Å²) in [6.07, 6.45) is 17.2. The maximum Gasteiger partial charge on any atom is 0.410 e. The number of urea groups is 1. The van der Waals surface area contributed by atoms with Crippen LogP contribution in [0.1, 0.15) is 192 Å². The number of aromatic nitrogens is 5. The molecule has 23 rings (SSSR count). The Hall–Kier alpha value is -10.1. The van der Waals surface area contributed by atoms with E-state index in [2.05, 4.69) is 125 Å². The SMILES string of the molecule is CC(=O)N1CCc2c([nH]c3ccc(Br)cc23)C1Cc1ccc(Cl)cc1Cl.CCOC(=O)N1CCc2c([nH]c3ccc(F)cc23)C1c1cccc(Cl)c1.COc1ccc(C2c3[nH]c4ccc(F)cc4c3CCN2C(=O)NC2CCCCC2)cc1.O=S(=O)(c1ccccc1)N1CCc2c([nH]c3ccc(Br)cc23)C1Cc1ccc(Cl)cc1Cl.S=C(NC1CCCCC1)N1CCc2c([nH]c3ccc(Br)cc23)C1Cc1ccc(Cl)cc1Cl. The van der Waals surface area contributed by atoms with Crippen LogP contribution < -0.4 is 15.4 Å². The van der Waals surface area contributed by atoms with Crippen molar-refractivity contribution in [3.63, 3.8) is 0 Å². The molecular formula is C114H108Br3Cl7F2N12O7S2. The van der Waals surface area contributed by atoms with Crippen LogP contribution in [0.3, 0.4) is 0 Å². The molecule has 5 unspecified atom stereocenters. The van der Waals surface area contributed by atoms with Crippen LogP contribution in [0.4, 0.5) is 18.4 Å². The number of amides is 4. The van der Waals surface area contributed by atoms with Crippen LogP contribution in [0.5, 0.6) is 5.75 Å². The number of rotatable bonds is 14. The minimum Gasteiger partial charge on any atom is -0.497 e. The standard InChI is InChI=1S/C25H26BrCl2N3S.C25H28FN3O2.C24H19BrCl2N2O2S.C20H17BrCl2N2O.C20H18ClFN2O2/c26-16-7-9-22-20(13-16)19-10-11-31(25(32)29-18-4-2-1-3-5-18)23(24(19)30-22)12-15-6-8-17(27)14-21(15)28;1-31-19-10-7-16(8-11-19)24-23-20(21-15-17(26)9-12-22(21)28-23)13-14-29(24)25(30)27-18-5-3-2-4-6-18;25-16-7-9-22-20(13-16)19-10-11-29(32(30,31)18-4-2-1-3-5-18)23(24(19)28-22)12-15-6-8-17(26)14-21(15)27;1-11(26)25-7-6-15-16-9-13(21)3-5-18(16)24-20(15)19(25)8-12-2-4-14(22)10-17(12)23;1-2-26-20(25)24-9-8-15-16-11-14(22)6-7-17(16)23-18(15)19(24)12-4-3-5-13(21)10-12/h6-9,13-14,18,23,30H,1-5,10-12H2,(H,29,32);7-12,15,18,24,28H,2-6,13-14H2,1H3,(H,27,30);1-9,13-14,23,28H,10-12H2;2-5,9-10,19,24H,6-8H2,1H3;3-7,10-11,19,23H,2,8-9H2,1H3. The Morgan fingerprint density at radius 1 is 0.415 bits per heavy atom. The molecule has 762 valence electrons. The Bertz CT molecular complexity index is 7750. The first-order valence-corrected chi connectivity index (χ1v) is 56.5. The average Bonchev–Trinajstić information content (AvgIpc) is 1.60. The number of nitrogens with zero attached hydrogens (tertiary/aromatic N) is 5. The zero-order valence-corrected chi connectivity index (χ0v) is 92.5. The highest BCUT2D eigenvalue weighted by Crippen LogP contribution is 2.48. The van der Waals surface area contributed by atoms with Crippen molar-refractivity contribution in [3.05, 3.63) is 369 Å². The number of aromatic amines is 5. The number of hydrogen-bond donors (Lipinski definition) is 7. The van der Waals surface area contributed by atoms with E-state index in [0.717, 1.165) is 168 Å². The van der Waals surface area contributed by atoms with Crippen molar-refractivity contribution in [1.82, 2.24) is 59.5 Å². The van der Waals surface area contributed by atoms with Crippen molar-refractivity contribution < 1.29 is 41.1 Å². The highest BCUT2D eigenvalue weighted by atomic mass is 79.9. The summed E-state index contributed by atoms with van der Waals surface area (Å²) >= 11 is 60.7. The summed E-state index contributed by atoms with van der Waals surface area (Å²) in [5, 5.41) is 17.5. The van der Waals surface area contributed by atoms with E-state index in [0.29, 0.717) is 106 Å². The van der Waals surface area contributed by atoms with Crippen LogP contribution in [-0.2, 0) is 70.9 Å². The van der Waals surface area contributed by atoms with E-state index in [1.807, 2.05) is 113 Å².